The van der Waals surface area contributed by atoms with Crippen LogP contribution < -0.4 is 10.2 Å². The molecule has 2 aromatic rings. The summed E-state index contributed by atoms with van der Waals surface area (Å²) >= 11 is 0. The monoisotopic (exact) mass is 292 g/mol. The predicted octanol–water partition coefficient (Wildman–Crippen LogP) is 3.61. The van der Waals surface area contributed by atoms with E-state index in [1.54, 1.807) is 18.3 Å². The molecular formula is C15H11F3N2O. The standard InChI is InChI=1S/C15H11F3N2O/c16-15(17,18)21-12-7-5-10(6-8-12)14-13-4-2-1-3-11(13)9-19-20-14/h1-9,14,20H. The zero-order chi connectivity index (χ0) is 14.9. The molecule has 0 radical (unpaired) electrons. The third-order valence-corrected chi connectivity index (χ3v) is 3.16. The van der Waals surface area contributed by atoms with Crippen LogP contribution in [0.5, 0.6) is 5.75 Å². The lowest BCUT2D eigenvalue weighted by atomic mass is 9.94. The molecule has 0 aliphatic carbocycles. The molecule has 0 bridgehead atoms. The van der Waals surface area contributed by atoms with Gasteiger partial charge >= 0.3 is 6.36 Å². The minimum absolute atomic E-state index is 0.189. The van der Waals surface area contributed by atoms with Crippen molar-refractivity contribution in [2.24, 2.45) is 5.10 Å². The first kappa shape index (κ1) is 13.5. The Morgan fingerprint density at radius 2 is 1.71 bits per heavy atom. The van der Waals surface area contributed by atoms with Crippen LogP contribution in [0.1, 0.15) is 22.7 Å². The van der Waals surface area contributed by atoms with Gasteiger partial charge in [-0.05, 0) is 23.3 Å². The fourth-order valence-corrected chi connectivity index (χ4v) is 2.26. The van der Waals surface area contributed by atoms with Crippen LogP contribution in [0.2, 0.25) is 0 Å². The van der Waals surface area contributed by atoms with Crippen molar-refractivity contribution in [1.82, 2.24) is 5.43 Å². The van der Waals surface area contributed by atoms with Gasteiger partial charge in [-0.1, -0.05) is 36.4 Å². The predicted molar refractivity (Wildman–Crippen MR) is 72.1 cm³/mol. The van der Waals surface area contributed by atoms with Crippen LogP contribution in [0.4, 0.5) is 13.2 Å². The first-order chi connectivity index (χ1) is 10.0. The van der Waals surface area contributed by atoms with Crippen LogP contribution in [0.15, 0.2) is 53.6 Å². The summed E-state index contributed by atoms with van der Waals surface area (Å²) in [5.74, 6) is -0.237. The van der Waals surface area contributed by atoms with Gasteiger partial charge in [0, 0.05) is 5.56 Å². The summed E-state index contributed by atoms with van der Waals surface area (Å²) in [6.45, 7) is 0. The number of rotatable bonds is 2. The molecule has 0 saturated heterocycles. The number of hydrazone groups is 1. The van der Waals surface area contributed by atoms with Crippen LogP contribution in [-0.4, -0.2) is 12.6 Å². The maximum absolute atomic E-state index is 12.1. The van der Waals surface area contributed by atoms with E-state index in [0.717, 1.165) is 16.7 Å². The SMILES string of the molecule is FC(F)(F)Oc1ccc(C2NN=Cc3ccccc32)cc1. The highest BCUT2D eigenvalue weighted by Gasteiger charge is 2.31. The number of nitrogens with zero attached hydrogens (tertiary/aromatic N) is 1. The molecule has 108 valence electrons. The molecule has 3 nitrogen and oxygen atoms in total. The van der Waals surface area contributed by atoms with E-state index in [9.17, 15) is 13.2 Å². The van der Waals surface area contributed by atoms with E-state index < -0.39 is 6.36 Å². The van der Waals surface area contributed by atoms with Crippen molar-refractivity contribution >= 4 is 6.21 Å². The molecule has 0 spiro atoms. The molecule has 21 heavy (non-hydrogen) atoms. The Morgan fingerprint density at radius 1 is 1.00 bits per heavy atom. The summed E-state index contributed by atoms with van der Waals surface area (Å²) in [5, 5.41) is 4.07. The fraction of sp³-hybridized carbons (Fsp3) is 0.133. The van der Waals surface area contributed by atoms with Crippen molar-refractivity contribution in [3.8, 4) is 5.75 Å². The van der Waals surface area contributed by atoms with Gasteiger partial charge < -0.3 is 4.74 Å². The number of fused-ring (bicyclic) bond motifs is 1. The summed E-state index contributed by atoms with van der Waals surface area (Å²) in [4.78, 5) is 0. The van der Waals surface area contributed by atoms with Gasteiger partial charge in [0.15, 0.2) is 0 Å². The van der Waals surface area contributed by atoms with Crippen LogP contribution in [0, 0.1) is 0 Å². The van der Waals surface area contributed by atoms with Gasteiger partial charge in [0.25, 0.3) is 0 Å². The lowest BCUT2D eigenvalue weighted by Crippen LogP contribution is -2.22. The second-order valence-electron chi connectivity index (χ2n) is 4.57. The van der Waals surface area contributed by atoms with Crippen LogP contribution >= 0.6 is 0 Å². The van der Waals surface area contributed by atoms with Gasteiger partial charge in [-0.15, -0.1) is 13.2 Å². The normalized spacial score (nSPS) is 17.0. The van der Waals surface area contributed by atoms with Crippen molar-refractivity contribution in [2.45, 2.75) is 12.4 Å². The summed E-state index contributed by atoms with van der Waals surface area (Å²) in [5.41, 5.74) is 5.79. The molecule has 1 N–H and O–H groups in total. The first-order valence-electron chi connectivity index (χ1n) is 6.26. The van der Waals surface area contributed by atoms with Crippen molar-refractivity contribution in [1.29, 1.82) is 0 Å². The molecule has 0 saturated carbocycles. The van der Waals surface area contributed by atoms with Gasteiger partial charge in [0.2, 0.25) is 0 Å². The molecule has 1 aliphatic heterocycles. The van der Waals surface area contributed by atoms with Crippen molar-refractivity contribution in [3.05, 3.63) is 65.2 Å². The molecule has 0 fully saturated rings. The molecule has 1 atom stereocenters. The Morgan fingerprint density at radius 3 is 2.43 bits per heavy atom. The number of ether oxygens (including phenoxy) is 1. The molecular weight excluding hydrogens is 281 g/mol. The summed E-state index contributed by atoms with van der Waals surface area (Å²) in [7, 11) is 0. The molecule has 1 heterocycles. The molecule has 0 amide bonds. The van der Waals surface area contributed by atoms with E-state index in [0.29, 0.717) is 0 Å². The third-order valence-electron chi connectivity index (χ3n) is 3.16. The smallest absolute Gasteiger partial charge is 0.406 e. The summed E-state index contributed by atoms with van der Waals surface area (Å²) < 4.78 is 40.3. The van der Waals surface area contributed by atoms with E-state index in [4.69, 9.17) is 0 Å². The zero-order valence-corrected chi connectivity index (χ0v) is 10.8. The van der Waals surface area contributed by atoms with Gasteiger partial charge in [-0.3, -0.25) is 5.43 Å². The van der Waals surface area contributed by atoms with Gasteiger partial charge in [0.1, 0.15) is 5.75 Å². The van der Waals surface area contributed by atoms with Crippen LogP contribution in [0.3, 0.4) is 0 Å². The zero-order valence-electron chi connectivity index (χ0n) is 10.8. The largest absolute Gasteiger partial charge is 0.573 e. The number of nitrogens with one attached hydrogen (secondary N) is 1. The molecule has 6 heteroatoms. The van der Waals surface area contributed by atoms with Crippen molar-refractivity contribution in [2.75, 3.05) is 0 Å². The van der Waals surface area contributed by atoms with E-state index in [1.165, 1.54) is 12.1 Å². The Bertz CT molecular complexity index is 665. The van der Waals surface area contributed by atoms with Crippen LogP contribution in [-0.2, 0) is 0 Å². The fourth-order valence-electron chi connectivity index (χ4n) is 2.26. The second-order valence-corrected chi connectivity index (χ2v) is 4.57. The molecule has 1 unspecified atom stereocenters. The number of hydrogen-bond donors (Lipinski definition) is 1. The highest BCUT2D eigenvalue weighted by Crippen LogP contribution is 2.29. The van der Waals surface area contributed by atoms with Crippen LogP contribution in [0.25, 0.3) is 0 Å². The molecule has 0 aromatic heterocycles. The van der Waals surface area contributed by atoms with Crippen molar-refractivity contribution < 1.29 is 17.9 Å². The highest BCUT2D eigenvalue weighted by atomic mass is 19.4. The lowest BCUT2D eigenvalue weighted by molar-refractivity contribution is -0.274. The number of benzene rings is 2. The number of hydrogen-bond acceptors (Lipinski definition) is 3. The summed E-state index contributed by atoms with van der Waals surface area (Å²) in [6, 6.07) is 13.3. The van der Waals surface area contributed by atoms with E-state index in [2.05, 4.69) is 15.3 Å². The Labute approximate surface area is 119 Å². The third kappa shape index (κ3) is 2.99. The minimum atomic E-state index is -4.68. The van der Waals surface area contributed by atoms with Gasteiger partial charge in [-0.2, -0.15) is 5.10 Å². The highest BCUT2D eigenvalue weighted by molar-refractivity contribution is 5.83. The molecule has 2 aromatic carbocycles. The van der Waals surface area contributed by atoms with E-state index in [1.807, 2.05) is 24.3 Å². The van der Waals surface area contributed by atoms with Gasteiger partial charge in [-0.25, -0.2) is 0 Å². The summed E-state index contributed by atoms with van der Waals surface area (Å²) in [6.07, 6.45) is -2.96. The average Bonchev–Trinajstić information content (AvgIpc) is 2.46. The lowest BCUT2D eigenvalue weighted by Gasteiger charge is -2.23. The maximum Gasteiger partial charge on any atom is 0.573 e. The first-order valence-corrected chi connectivity index (χ1v) is 6.26. The van der Waals surface area contributed by atoms with Crippen molar-refractivity contribution in [3.63, 3.8) is 0 Å². The van der Waals surface area contributed by atoms with E-state index >= 15 is 0 Å². The Balaban J connectivity index is 1.87. The quantitative estimate of drug-likeness (QED) is 0.917. The average molecular weight is 292 g/mol. The topological polar surface area (TPSA) is 33.6 Å². The minimum Gasteiger partial charge on any atom is -0.406 e. The second kappa shape index (κ2) is 5.12. The number of halogens is 3. The Hall–Kier alpha value is -2.50. The molecule has 1 aliphatic rings. The molecule has 3 rings (SSSR count). The van der Waals surface area contributed by atoms with E-state index in [-0.39, 0.29) is 11.8 Å². The van der Waals surface area contributed by atoms with Gasteiger partial charge in [0.05, 0.1) is 12.3 Å². The Kier molecular flexibility index (Phi) is 3.29. The maximum atomic E-state index is 12.1. The number of alkyl halides is 3.